The van der Waals surface area contributed by atoms with Gasteiger partial charge in [-0.05, 0) is 23.9 Å². The number of nitrogens with two attached hydrogens (primary N) is 1. The van der Waals surface area contributed by atoms with Crippen LogP contribution in [0.5, 0.6) is 0 Å². The first-order valence-corrected chi connectivity index (χ1v) is 5.43. The van der Waals surface area contributed by atoms with Gasteiger partial charge in [-0.1, -0.05) is 39.3 Å². The predicted octanol–water partition coefficient (Wildman–Crippen LogP) is 2.75. The van der Waals surface area contributed by atoms with E-state index in [4.69, 9.17) is 5.73 Å². The fraction of sp³-hybridized carbons (Fsp3) is 0.308. The van der Waals surface area contributed by atoms with Crippen molar-refractivity contribution in [1.29, 1.82) is 0 Å². The molecule has 88 valence electrons. The molecule has 0 aliphatic carbocycles. The Morgan fingerprint density at radius 3 is 2.44 bits per heavy atom. The van der Waals surface area contributed by atoms with Gasteiger partial charge in [-0.25, -0.2) is 0 Å². The lowest BCUT2D eigenvalue weighted by Gasteiger charge is -1.97. The van der Waals surface area contributed by atoms with Gasteiger partial charge in [-0.15, -0.1) is 0 Å². The summed E-state index contributed by atoms with van der Waals surface area (Å²) in [6.45, 7) is 7.97. The summed E-state index contributed by atoms with van der Waals surface area (Å²) in [6.07, 6.45) is 7.29. The molecule has 0 atom stereocenters. The first kappa shape index (κ1) is 14.2. The summed E-state index contributed by atoms with van der Waals surface area (Å²) in [5, 5.41) is 0. The second-order valence-electron chi connectivity index (χ2n) is 3.25. The summed E-state index contributed by atoms with van der Waals surface area (Å²) >= 11 is 0. The molecular formula is C13H20N2O. The van der Waals surface area contributed by atoms with Gasteiger partial charge in [0, 0.05) is 11.8 Å². The molecule has 1 aromatic heterocycles. The van der Waals surface area contributed by atoms with Crippen molar-refractivity contribution in [1.82, 2.24) is 4.98 Å². The molecule has 0 saturated carbocycles. The van der Waals surface area contributed by atoms with Crippen LogP contribution in [0.4, 0.5) is 0 Å². The van der Waals surface area contributed by atoms with Crippen molar-refractivity contribution >= 4 is 12.2 Å². The van der Waals surface area contributed by atoms with Crippen LogP contribution in [0, 0.1) is 0 Å². The van der Waals surface area contributed by atoms with E-state index < -0.39 is 0 Å². The van der Waals surface area contributed by atoms with Gasteiger partial charge in [0.05, 0.1) is 0 Å². The Bertz CT molecular complexity index is 389. The lowest BCUT2D eigenvalue weighted by Crippen LogP contribution is -2.05. The van der Waals surface area contributed by atoms with Gasteiger partial charge in [0.25, 0.3) is 0 Å². The largest absolute Gasteiger partial charge is 0.405 e. The standard InChI is InChI=1S/C9H10N2O.C4H10/c1-2-7-3-4-9(12)11-8(7)5-6-10;1-3-4-2/h2-6H,1,10H2,(H,11,12);3-4H2,1-2H3/b6-5+;. The molecule has 1 aromatic rings. The van der Waals surface area contributed by atoms with Gasteiger partial charge in [0.15, 0.2) is 0 Å². The third kappa shape index (κ3) is 5.20. The quantitative estimate of drug-likeness (QED) is 0.822. The zero-order valence-corrected chi connectivity index (χ0v) is 9.99. The lowest BCUT2D eigenvalue weighted by atomic mass is 10.2. The normalized spacial score (nSPS) is 9.62. The van der Waals surface area contributed by atoms with Crippen LogP contribution in [0.3, 0.4) is 0 Å². The maximum absolute atomic E-state index is 10.9. The summed E-state index contributed by atoms with van der Waals surface area (Å²) in [5.74, 6) is 0. The Morgan fingerprint density at radius 1 is 1.38 bits per heavy atom. The third-order valence-corrected chi connectivity index (χ3v) is 1.97. The van der Waals surface area contributed by atoms with Gasteiger partial charge in [-0.2, -0.15) is 0 Å². The number of rotatable bonds is 3. The molecule has 0 amide bonds. The van der Waals surface area contributed by atoms with Crippen LogP contribution in [0.15, 0.2) is 29.7 Å². The van der Waals surface area contributed by atoms with Crippen molar-refractivity contribution in [3.05, 3.63) is 46.5 Å². The molecule has 3 heteroatoms. The summed E-state index contributed by atoms with van der Waals surface area (Å²) < 4.78 is 0. The second kappa shape index (κ2) is 8.53. The number of H-pyrrole nitrogens is 1. The zero-order valence-electron chi connectivity index (χ0n) is 9.99. The van der Waals surface area contributed by atoms with Gasteiger partial charge >= 0.3 is 0 Å². The summed E-state index contributed by atoms with van der Waals surface area (Å²) in [5.41, 5.74) is 6.59. The van der Waals surface area contributed by atoms with Crippen LogP contribution in [0.1, 0.15) is 37.9 Å². The molecule has 0 aromatic carbocycles. The van der Waals surface area contributed by atoms with Gasteiger partial charge in [-0.3, -0.25) is 4.79 Å². The fourth-order valence-electron chi connectivity index (χ4n) is 0.914. The summed E-state index contributed by atoms with van der Waals surface area (Å²) in [6, 6.07) is 3.14. The van der Waals surface area contributed by atoms with Crippen molar-refractivity contribution in [2.24, 2.45) is 5.73 Å². The first-order chi connectivity index (χ1) is 7.69. The molecule has 3 nitrogen and oxygen atoms in total. The summed E-state index contributed by atoms with van der Waals surface area (Å²) in [4.78, 5) is 13.5. The fourth-order valence-corrected chi connectivity index (χ4v) is 0.914. The topological polar surface area (TPSA) is 58.9 Å². The van der Waals surface area contributed by atoms with Crippen LogP contribution < -0.4 is 11.3 Å². The van der Waals surface area contributed by atoms with E-state index in [-0.39, 0.29) is 5.56 Å². The average molecular weight is 220 g/mol. The molecule has 0 spiro atoms. The van der Waals surface area contributed by atoms with E-state index in [9.17, 15) is 4.79 Å². The van der Waals surface area contributed by atoms with E-state index in [0.29, 0.717) is 5.69 Å². The van der Waals surface area contributed by atoms with Crippen molar-refractivity contribution in [3.8, 4) is 0 Å². The third-order valence-electron chi connectivity index (χ3n) is 1.97. The molecule has 1 rings (SSSR count). The molecule has 0 fully saturated rings. The van der Waals surface area contributed by atoms with Gasteiger partial charge < -0.3 is 10.7 Å². The number of aromatic nitrogens is 1. The minimum atomic E-state index is -0.145. The summed E-state index contributed by atoms with van der Waals surface area (Å²) in [7, 11) is 0. The molecule has 0 aliphatic rings. The number of aromatic amines is 1. The number of hydrogen-bond acceptors (Lipinski definition) is 2. The maximum Gasteiger partial charge on any atom is 0.248 e. The van der Waals surface area contributed by atoms with E-state index in [1.165, 1.54) is 25.1 Å². The maximum atomic E-state index is 10.9. The Balaban J connectivity index is 0.000000487. The van der Waals surface area contributed by atoms with E-state index >= 15 is 0 Å². The highest BCUT2D eigenvalue weighted by Gasteiger charge is 1.94. The zero-order chi connectivity index (χ0) is 12.4. The first-order valence-electron chi connectivity index (χ1n) is 5.43. The van der Waals surface area contributed by atoms with E-state index in [1.54, 1.807) is 18.2 Å². The van der Waals surface area contributed by atoms with Crippen LogP contribution in [-0.2, 0) is 0 Å². The van der Waals surface area contributed by atoms with Crippen molar-refractivity contribution < 1.29 is 0 Å². The van der Waals surface area contributed by atoms with Crippen molar-refractivity contribution in [3.63, 3.8) is 0 Å². The molecule has 0 radical (unpaired) electrons. The van der Waals surface area contributed by atoms with E-state index in [2.05, 4.69) is 25.4 Å². The molecule has 3 N–H and O–H groups in total. The second-order valence-corrected chi connectivity index (χ2v) is 3.25. The smallest absolute Gasteiger partial charge is 0.248 e. The molecule has 0 unspecified atom stereocenters. The number of pyridine rings is 1. The number of nitrogens with one attached hydrogen (secondary N) is 1. The number of hydrogen-bond donors (Lipinski definition) is 2. The molecular weight excluding hydrogens is 200 g/mol. The molecule has 1 heterocycles. The molecule has 0 bridgehead atoms. The van der Waals surface area contributed by atoms with Crippen LogP contribution in [0.2, 0.25) is 0 Å². The van der Waals surface area contributed by atoms with Gasteiger partial charge in [0.2, 0.25) is 5.56 Å². The van der Waals surface area contributed by atoms with E-state index in [1.807, 2.05) is 0 Å². The Morgan fingerprint density at radius 2 is 2.00 bits per heavy atom. The van der Waals surface area contributed by atoms with E-state index in [0.717, 1.165) is 5.56 Å². The average Bonchev–Trinajstić information content (AvgIpc) is 2.30. The molecule has 0 aliphatic heterocycles. The molecule has 16 heavy (non-hydrogen) atoms. The SMILES string of the molecule is C=Cc1ccc(=O)[nH]c1/C=C/N.CCCC. The van der Waals surface area contributed by atoms with Crippen LogP contribution in [0.25, 0.3) is 12.2 Å². The highest BCUT2D eigenvalue weighted by Crippen LogP contribution is 2.05. The highest BCUT2D eigenvalue weighted by molar-refractivity contribution is 5.60. The Hall–Kier alpha value is -1.77. The van der Waals surface area contributed by atoms with Gasteiger partial charge in [0.1, 0.15) is 0 Å². The van der Waals surface area contributed by atoms with Crippen LogP contribution in [-0.4, -0.2) is 4.98 Å². The minimum absolute atomic E-state index is 0.145. The monoisotopic (exact) mass is 220 g/mol. The lowest BCUT2D eigenvalue weighted by molar-refractivity contribution is 0.886. The predicted molar refractivity (Wildman–Crippen MR) is 71.0 cm³/mol. The van der Waals surface area contributed by atoms with Crippen LogP contribution >= 0.6 is 0 Å². The Labute approximate surface area is 96.7 Å². The minimum Gasteiger partial charge on any atom is -0.405 e. The van der Waals surface area contributed by atoms with Crippen molar-refractivity contribution in [2.45, 2.75) is 26.7 Å². The molecule has 0 saturated heterocycles. The number of unbranched alkanes of at least 4 members (excludes halogenated alkanes) is 1. The Kier molecular flexibility index (Phi) is 7.59. The van der Waals surface area contributed by atoms with Crippen molar-refractivity contribution in [2.75, 3.05) is 0 Å². The highest BCUT2D eigenvalue weighted by atomic mass is 16.1.